The molecule has 0 aromatic rings. The summed E-state index contributed by atoms with van der Waals surface area (Å²) in [5.41, 5.74) is 0. The van der Waals surface area contributed by atoms with Gasteiger partial charge in [0.15, 0.2) is 11.6 Å². The van der Waals surface area contributed by atoms with Gasteiger partial charge in [0.25, 0.3) is 0 Å². The van der Waals surface area contributed by atoms with Crippen LogP contribution in [0.5, 0.6) is 0 Å². The fraction of sp³-hybridized carbons (Fsp3) is 0.806. The van der Waals surface area contributed by atoms with Gasteiger partial charge in [0.2, 0.25) is 5.91 Å². The molecule has 2 N–H and O–H groups in total. The van der Waals surface area contributed by atoms with Crippen molar-refractivity contribution in [2.45, 2.75) is 124 Å². The summed E-state index contributed by atoms with van der Waals surface area (Å²) >= 11 is 0. The molecule has 0 radical (unpaired) electrons. The van der Waals surface area contributed by atoms with E-state index in [9.17, 15) is 19.2 Å². The van der Waals surface area contributed by atoms with Crippen LogP contribution in [0.15, 0.2) is 12.2 Å². The molecule has 0 spiro atoms. The van der Waals surface area contributed by atoms with Crippen molar-refractivity contribution in [2.24, 2.45) is 17.8 Å². The van der Waals surface area contributed by atoms with Gasteiger partial charge in [-0.15, -0.1) is 0 Å². The van der Waals surface area contributed by atoms with Crippen LogP contribution in [0.2, 0.25) is 0 Å². The summed E-state index contributed by atoms with van der Waals surface area (Å²) in [6.45, 7) is 13.4. The number of nitrogens with zero attached hydrogens (tertiary/aromatic N) is 1. The van der Waals surface area contributed by atoms with Gasteiger partial charge >= 0.3 is 5.97 Å². The second kappa shape index (κ2) is 19.9. The standard InChI is InChI=1S/C31H57N3O5/c1-11-12-17-23(6)30(39-24(7)35)29(34(9)10)27(37)19-16-14-13-15-18-26(36)28(22(4)5)33-31(38)25(32-8)20-21(2)3/h11-12,21-23,25,28-30,32H,13-20H2,1-10H3,(H,33,38)/b12-11+/t23-,25+,28+,29-,30+/m1/s1. The topological polar surface area (TPSA) is 105 Å². The van der Waals surface area contributed by atoms with Crippen LogP contribution in [-0.4, -0.2) is 73.7 Å². The Balaban J connectivity index is 4.85. The summed E-state index contributed by atoms with van der Waals surface area (Å²) < 4.78 is 5.63. The monoisotopic (exact) mass is 551 g/mol. The number of nitrogens with one attached hydrogen (secondary N) is 2. The number of allylic oxidation sites excluding steroid dienone is 2. The lowest BCUT2D eigenvalue weighted by molar-refractivity contribution is -0.155. The Kier molecular flexibility index (Phi) is 18.9. The van der Waals surface area contributed by atoms with Crippen molar-refractivity contribution in [2.75, 3.05) is 21.1 Å². The van der Waals surface area contributed by atoms with Gasteiger partial charge in [-0.05, 0) is 71.5 Å². The second-order valence-electron chi connectivity index (χ2n) is 11.8. The maximum absolute atomic E-state index is 13.2. The molecule has 0 bridgehead atoms. The number of Topliss-reactive ketones (excluding diaryl/α,β-unsaturated/α-hetero) is 2. The molecule has 0 unspecified atom stereocenters. The maximum Gasteiger partial charge on any atom is 0.302 e. The van der Waals surface area contributed by atoms with Crippen LogP contribution < -0.4 is 10.6 Å². The lowest BCUT2D eigenvalue weighted by atomic mass is 9.89. The van der Waals surface area contributed by atoms with Crippen molar-refractivity contribution in [1.82, 2.24) is 15.5 Å². The quantitative estimate of drug-likeness (QED) is 0.121. The molecule has 0 aliphatic rings. The van der Waals surface area contributed by atoms with E-state index in [0.717, 1.165) is 32.1 Å². The molecule has 8 nitrogen and oxygen atoms in total. The number of unbranched alkanes of at least 4 members (excludes halogenated alkanes) is 3. The Morgan fingerprint density at radius 1 is 0.897 bits per heavy atom. The molecule has 0 saturated carbocycles. The van der Waals surface area contributed by atoms with Gasteiger partial charge in [-0.1, -0.05) is 59.6 Å². The van der Waals surface area contributed by atoms with E-state index >= 15 is 0 Å². The first-order valence-corrected chi connectivity index (χ1v) is 14.7. The van der Waals surface area contributed by atoms with Crippen molar-refractivity contribution in [3.8, 4) is 0 Å². The van der Waals surface area contributed by atoms with Gasteiger partial charge in [0.1, 0.15) is 12.1 Å². The highest BCUT2D eigenvalue weighted by Crippen LogP contribution is 2.22. The molecule has 5 atom stereocenters. The molecule has 0 rings (SSSR count). The molecule has 0 fully saturated rings. The number of likely N-dealkylation sites (N-methyl/N-ethyl adjacent to an activating group) is 2. The minimum absolute atomic E-state index is 0.00983. The number of ketones is 2. The van der Waals surface area contributed by atoms with Crippen molar-refractivity contribution in [3.63, 3.8) is 0 Å². The molecule has 0 aliphatic heterocycles. The van der Waals surface area contributed by atoms with E-state index < -0.39 is 18.2 Å². The smallest absolute Gasteiger partial charge is 0.302 e. The predicted octanol–water partition coefficient (Wildman–Crippen LogP) is 4.70. The summed E-state index contributed by atoms with van der Waals surface area (Å²) in [6.07, 6.45) is 8.84. The fourth-order valence-corrected chi connectivity index (χ4v) is 4.89. The van der Waals surface area contributed by atoms with E-state index in [0.29, 0.717) is 25.2 Å². The minimum atomic E-state index is -0.509. The van der Waals surface area contributed by atoms with E-state index in [2.05, 4.69) is 24.5 Å². The number of amides is 1. The molecular weight excluding hydrogens is 494 g/mol. The summed E-state index contributed by atoms with van der Waals surface area (Å²) in [5, 5.41) is 6.02. The fourth-order valence-electron chi connectivity index (χ4n) is 4.89. The Morgan fingerprint density at radius 3 is 1.90 bits per heavy atom. The van der Waals surface area contributed by atoms with Gasteiger partial charge in [0, 0.05) is 19.8 Å². The second-order valence-corrected chi connectivity index (χ2v) is 11.8. The molecule has 0 heterocycles. The highest BCUT2D eigenvalue weighted by molar-refractivity contribution is 5.91. The van der Waals surface area contributed by atoms with Crippen LogP contribution in [-0.2, 0) is 23.9 Å². The number of esters is 1. The third-order valence-electron chi connectivity index (χ3n) is 7.08. The van der Waals surface area contributed by atoms with Gasteiger partial charge in [0.05, 0.1) is 12.1 Å². The molecule has 8 heteroatoms. The number of carbonyl (C=O) groups is 4. The highest BCUT2D eigenvalue weighted by atomic mass is 16.5. The predicted molar refractivity (Wildman–Crippen MR) is 158 cm³/mol. The van der Waals surface area contributed by atoms with E-state index in [1.165, 1.54) is 6.92 Å². The summed E-state index contributed by atoms with van der Waals surface area (Å²) in [4.78, 5) is 52.5. The van der Waals surface area contributed by atoms with E-state index in [4.69, 9.17) is 4.74 Å². The summed E-state index contributed by atoms with van der Waals surface area (Å²) in [7, 11) is 5.46. The molecule has 0 aromatic carbocycles. The normalized spacial score (nSPS) is 15.8. The zero-order chi connectivity index (χ0) is 30.1. The first-order chi connectivity index (χ1) is 18.3. The van der Waals surface area contributed by atoms with E-state index in [-0.39, 0.29) is 41.3 Å². The number of hydrogen-bond acceptors (Lipinski definition) is 7. The Morgan fingerprint density at radius 2 is 1.46 bits per heavy atom. The van der Waals surface area contributed by atoms with Crippen molar-refractivity contribution in [1.29, 1.82) is 0 Å². The van der Waals surface area contributed by atoms with E-state index in [1.54, 1.807) is 7.05 Å². The van der Waals surface area contributed by atoms with Crippen molar-refractivity contribution in [3.05, 3.63) is 12.2 Å². The molecular formula is C31H57N3O5. The van der Waals surface area contributed by atoms with Crippen LogP contribution in [0.3, 0.4) is 0 Å². The van der Waals surface area contributed by atoms with Crippen LogP contribution in [0.1, 0.15) is 99.8 Å². The molecule has 226 valence electrons. The zero-order valence-corrected chi connectivity index (χ0v) is 26.3. The van der Waals surface area contributed by atoms with Gasteiger partial charge in [-0.25, -0.2) is 0 Å². The van der Waals surface area contributed by atoms with Crippen molar-refractivity contribution < 1.29 is 23.9 Å². The molecule has 39 heavy (non-hydrogen) atoms. The molecule has 0 aliphatic carbocycles. The molecule has 0 saturated heterocycles. The highest BCUT2D eigenvalue weighted by Gasteiger charge is 2.35. The number of rotatable bonds is 21. The van der Waals surface area contributed by atoms with Crippen LogP contribution in [0.4, 0.5) is 0 Å². The third-order valence-corrected chi connectivity index (χ3v) is 7.08. The van der Waals surface area contributed by atoms with Gasteiger partial charge in [-0.2, -0.15) is 0 Å². The Hall–Kier alpha value is -2.06. The first kappa shape index (κ1) is 36.9. The van der Waals surface area contributed by atoms with Gasteiger partial charge in [-0.3, -0.25) is 24.1 Å². The Bertz CT molecular complexity index is 778. The average Bonchev–Trinajstić information content (AvgIpc) is 2.84. The Labute approximate surface area is 238 Å². The lowest BCUT2D eigenvalue weighted by Gasteiger charge is -2.34. The first-order valence-electron chi connectivity index (χ1n) is 14.7. The number of carbonyl (C=O) groups excluding carboxylic acids is 4. The average molecular weight is 552 g/mol. The summed E-state index contributed by atoms with van der Waals surface area (Å²) in [6, 6.07) is -1.30. The summed E-state index contributed by atoms with van der Waals surface area (Å²) in [5.74, 6) is 0.0110. The third kappa shape index (κ3) is 14.8. The van der Waals surface area contributed by atoms with Crippen LogP contribution in [0, 0.1) is 17.8 Å². The molecule has 0 aromatic heterocycles. The molecule has 1 amide bonds. The number of ether oxygens (including phenoxy) is 1. The lowest BCUT2D eigenvalue weighted by Crippen LogP contribution is -2.51. The minimum Gasteiger partial charge on any atom is -0.460 e. The van der Waals surface area contributed by atoms with Crippen LogP contribution in [0.25, 0.3) is 0 Å². The SMILES string of the molecule is C/C=C/C[C@@H](C)[C@H](OC(C)=O)[C@@H](C(=O)CCCCCCC(=O)[C@@H](NC(=O)[C@H](CC(C)C)NC)C(C)C)N(C)C. The van der Waals surface area contributed by atoms with E-state index in [1.807, 2.05) is 58.8 Å². The van der Waals surface area contributed by atoms with Gasteiger partial charge < -0.3 is 15.4 Å². The number of hydrogen-bond donors (Lipinski definition) is 2. The maximum atomic E-state index is 13.2. The zero-order valence-electron chi connectivity index (χ0n) is 26.3. The van der Waals surface area contributed by atoms with Crippen LogP contribution >= 0.6 is 0 Å². The largest absolute Gasteiger partial charge is 0.460 e. The van der Waals surface area contributed by atoms with Crippen molar-refractivity contribution >= 4 is 23.4 Å².